The number of ether oxygens (including phenoxy) is 1. The third-order valence-corrected chi connectivity index (χ3v) is 2.23. The highest BCUT2D eigenvalue weighted by Gasteiger charge is 2.18. The quantitative estimate of drug-likeness (QED) is 0.766. The first kappa shape index (κ1) is 12.5. The summed E-state index contributed by atoms with van der Waals surface area (Å²) in [7, 11) is 1.78. The summed E-state index contributed by atoms with van der Waals surface area (Å²) < 4.78 is 5.39. The van der Waals surface area contributed by atoms with E-state index in [9.17, 15) is 4.79 Å². The largest absolute Gasteiger partial charge is 0.479 e. The molecule has 1 rings (SSSR count). The molecule has 0 aromatic heterocycles. The van der Waals surface area contributed by atoms with Crippen LogP contribution in [0.15, 0.2) is 24.3 Å². The average molecular weight is 223 g/mol. The van der Waals surface area contributed by atoms with E-state index in [1.54, 1.807) is 19.2 Å². The third-order valence-electron chi connectivity index (χ3n) is 2.23. The monoisotopic (exact) mass is 223 g/mol. The molecule has 4 heteroatoms. The lowest BCUT2D eigenvalue weighted by molar-refractivity contribution is -0.145. The minimum atomic E-state index is -0.934. The number of rotatable bonds is 6. The van der Waals surface area contributed by atoms with Crippen LogP contribution < -0.4 is 10.1 Å². The molecule has 1 aromatic rings. The van der Waals surface area contributed by atoms with Crippen LogP contribution in [0.5, 0.6) is 5.75 Å². The van der Waals surface area contributed by atoms with Crippen molar-refractivity contribution in [3.63, 3.8) is 0 Å². The van der Waals surface area contributed by atoms with Crippen molar-refractivity contribution in [2.24, 2.45) is 0 Å². The summed E-state index contributed by atoms with van der Waals surface area (Å²) in [5.74, 6) is -0.343. The lowest BCUT2D eigenvalue weighted by Gasteiger charge is -2.14. The molecule has 0 aliphatic heterocycles. The zero-order valence-electron chi connectivity index (χ0n) is 9.56. The van der Waals surface area contributed by atoms with Gasteiger partial charge in [-0.15, -0.1) is 0 Å². The summed E-state index contributed by atoms with van der Waals surface area (Å²) >= 11 is 0. The number of hydrogen-bond acceptors (Lipinski definition) is 3. The number of carbonyl (C=O) groups is 1. The van der Waals surface area contributed by atoms with E-state index < -0.39 is 12.1 Å². The summed E-state index contributed by atoms with van der Waals surface area (Å²) in [6, 6.07) is 7.36. The molecule has 0 radical (unpaired) electrons. The first-order valence-electron chi connectivity index (χ1n) is 5.24. The van der Waals surface area contributed by atoms with E-state index in [0.717, 1.165) is 5.56 Å². The van der Waals surface area contributed by atoms with Gasteiger partial charge >= 0.3 is 5.97 Å². The first-order valence-corrected chi connectivity index (χ1v) is 5.24. The maximum atomic E-state index is 10.9. The molecule has 0 fully saturated rings. The topological polar surface area (TPSA) is 58.6 Å². The normalized spacial score (nSPS) is 12.1. The van der Waals surface area contributed by atoms with Gasteiger partial charge in [0.2, 0.25) is 0 Å². The Morgan fingerprint density at radius 3 is 2.56 bits per heavy atom. The molecule has 1 atom stereocenters. The predicted molar refractivity (Wildman–Crippen MR) is 61.8 cm³/mol. The van der Waals surface area contributed by atoms with Gasteiger partial charge in [0.05, 0.1) is 0 Å². The van der Waals surface area contributed by atoms with E-state index in [-0.39, 0.29) is 0 Å². The van der Waals surface area contributed by atoms with Gasteiger partial charge in [-0.3, -0.25) is 0 Å². The summed E-state index contributed by atoms with van der Waals surface area (Å²) in [5.41, 5.74) is 1.12. The number of aryl methyl sites for hydroxylation is 1. The lowest BCUT2D eigenvalue weighted by Crippen LogP contribution is -2.30. The molecule has 0 amide bonds. The summed E-state index contributed by atoms with van der Waals surface area (Å²) in [6.45, 7) is 2.59. The Balaban J connectivity index is 2.60. The van der Waals surface area contributed by atoms with Crippen LogP contribution in [0.2, 0.25) is 0 Å². The molecule has 2 N–H and O–H groups in total. The van der Waals surface area contributed by atoms with E-state index >= 15 is 0 Å². The van der Waals surface area contributed by atoms with Crippen LogP contribution in [0.25, 0.3) is 0 Å². The highest BCUT2D eigenvalue weighted by Crippen LogP contribution is 2.14. The molecule has 0 spiro atoms. The zero-order valence-corrected chi connectivity index (χ0v) is 9.56. The van der Waals surface area contributed by atoms with Gasteiger partial charge in [0.1, 0.15) is 5.75 Å². The van der Waals surface area contributed by atoms with E-state index in [1.165, 1.54) is 0 Å². The van der Waals surface area contributed by atoms with Gasteiger partial charge in [0.25, 0.3) is 0 Å². The SMILES string of the molecule is CNCCC(Oc1ccc(C)cc1)C(=O)O. The molecule has 88 valence electrons. The van der Waals surface area contributed by atoms with Gasteiger partial charge in [-0.25, -0.2) is 4.79 Å². The fourth-order valence-corrected chi connectivity index (χ4v) is 1.29. The van der Waals surface area contributed by atoms with Crippen molar-refractivity contribution in [2.75, 3.05) is 13.6 Å². The molecule has 0 saturated heterocycles. The summed E-state index contributed by atoms with van der Waals surface area (Å²) in [4.78, 5) is 10.9. The molecular weight excluding hydrogens is 206 g/mol. The fraction of sp³-hybridized carbons (Fsp3) is 0.417. The molecule has 0 aliphatic carbocycles. The minimum absolute atomic E-state index is 0.444. The smallest absolute Gasteiger partial charge is 0.344 e. The standard InChI is InChI=1S/C12H17NO3/c1-9-3-5-10(6-4-9)16-11(12(14)15)7-8-13-2/h3-6,11,13H,7-8H2,1-2H3,(H,14,15). The molecule has 0 bridgehead atoms. The fourth-order valence-electron chi connectivity index (χ4n) is 1.29. The van der Waals surface area contributed by atoms with Crippen molar-refractivity contribution < 1.29 is 14.6 Å². The van der Waals surface area contributed by atoms with Crippen LogP contribution >= 0.6 is 0 Å². The minimum Gasteiger partial charge on any atom is -0.479 e. The van der Waals surface area contributed by atoms with Crippen LogP contribution in [-0.2, 0) is 4.79 Å². The number of aliphatic carboxylic acids is 1. The Kier molecular flexibility index (Phi) is 4.79. The zero-order chi connectivity index (χ0) is 12.0. The van der Waals surface area contributed by atoms with E-state index in [1.807, 2.05) is 19.1 Å². The van der Waals surface area contributed by atoms with E-state index in [2.05, 4.69) is 5.32 Å². The molecule has 1 unspecified atom stereocenters. The van der Waals surface area contributed by atoms with Crippen LogP contribution in [0.4, 0.5) is 0 Å². The van der Waals surface area contributed by atoms with Crippen molar-refractivity contribution in [1.29, 1.82) is 0 Å². The van der Waals surface area contributed by atoms with Gasteiger partial charge in [0, 0.05) is 6.42 Å². The average Bonchev–Trinajstić information content (AvgIpc) is 2.26. The van der Waals surface area contributed by atoms with Crippen molar-refractivity contribution in [2.45, 2.75) is 19.4 Å². The Hall–Kier alpha value is -1.55. The lowest BCUT2D eigenvalue weighted by atomic mass is 10.2. The number of hydrogen-bond donors (Lipinski definition) is 2. The molecule has 0 aliphatic rings. The predicted octanol–water partition coefficient (Wildman–Crippen LogP) is 1.44. The Morgan fingerprint density at radius 2 is 2.06 bits per heavy atom. The molecule has 0 saturated carbocycles. The summed E-state index contributed by atoms with van der Waals surface area (Å²) in [6.07, 6.45) is -0.352. The molecule has 16 heavy (non-hydrogen) atoms. The Bertz CT molecular complexity index is 335. The second kappa shape index (κ2) is 6.12. The maximum Gasteiger partial charge on any atom is 0.344 e. The second-order valence-corrected chi connectivity index (χ2v) is 3.65. The van der Waals surface area contributed by atoms with Crippen LogP contribution in [0.1, 0.15) is 12.0 Å². The van der Waals surface area contributed by atoms with Crippen molar-refractivity contribution in [3.8, 4) is 5.75 Å². The maximum absolute atomic E-state index is 10.9. The van der Waals surface area contributed by atoms with Gasteiger partial charge < -0.3 is 15.2 Å². The van der Waals surface area contributed by atoms with Crippen molar-refractivity contribution >= 4 is 5.97 Å². The molecular formula is C12H17NO3. The second-order valence-electron chi connectivity index (χ2n) is 3.65. The number of carboxylic acid groups (broad SMARTS) is 1. The van der Waals surface area contributed by atoms with Crippen LogP contribution in [0, 0.1) is 6.92 Å². The first-order chi connectivity index (χ1) is 7.63. The van der Waals surface area contributed by atoms with E-state index in [0.29, 0.717) is 18.7 Å². The van der Waals surface area contributed by atoms with Crippen molar-refractivity contribution in [3.05, 3.63) is 29.8 Å². The molecule has 4 nitrogen and oxygen atoms in total. The summed E-state index contributed by atoms with van der Waals surface area (Å²) in [5, 5.41) is 11.9. The van der Waals surface area contributed by atoms with Gasteiger partial charge in [0.15, 0.2) is 6.10 Å². The number of benzene rings is 1. The van der Waals surface area contributed by atoms with Crippen LogP contribution in [0.3, 0.4) is 0 Å². The van der Waals surface area contributed by atoms with Gasteiger partial charge in [-0.1, -0.05) is 17.7 Å². The number of carboxylic acids is 1. The highest BCUT2D eigenvalue weighted by molar-refractivity contribution is 5.72. The van der Waals surface area contributed by atoms with E-state index in [4.69, 9.17) is 9.84 Å². The molecule has 1 aromatic carbocycles. The third kappa shape index (κ3) is 3.90. The molecule has 0 heterocycles. The van der Waals surface area contributed by atoms with Crippen molar-refractivity contribution in [1.82, 2.24) is 5.32 Å². The van der Waals surface area contributed by atoms with Gasteiger partial charge in [-0.05, 0) is 32.6 Å². The number of nitrogens with one attached hydrogen (secondary N) is 1. The van der Waals surface area contributed by atoms with Crippen LogP contribution in [-0.4, -0.2) is 30.8 Å². The van der Waals surface area contributed by atoms with Gasteiger partial charge in [-0.2, -0.15) is 0 Å². The Morgan fingerprint density at radius 1 is 1.44 bits per heavy atom. The highest BCUT2D eigenvalue weighted by atomic mass is 16.5. The Labute approximate surface area is 95.2 Å².